The fraction of sp³-hybridized carbons (Fsp3) is 0.286. The molecule has 5 nitrogen and oxygen atoms in total. The Morgan fingerprint density at radius 3 is 2.62 bits per heavy atom. The molecule has 1 aliphatic heterocycles. The molecule has 1 heterocycles. The number of carbonyl (C=O) groups is 1. The summed E-state index contributed by atoms with van der Waals surface area (Å²) in [4.78, 5) is 16.9. The number of methoxy groups -OCH3 is 1. The summed E-state index contributed by atoms with van der Waals surface area (Å²) in [6.45, 7) is 1.52. The van der Waals surface area contributed by atoms with E-state index in [-0.39, 0.29) is 5.91 Å². The third-order valence-electron chi connectivity index (χ3n) is 4.22. The van der Waals surface area contributed by atoms with Crippen molar-refractivity contribution in [1.29, 1.82) is 0 Å². The zero-order valence-electron chi connectivity index (χ0n) is 15.4. The van der Waals surface area contributed by atoms with Crippen molar-refractivity contribution in [2.24, 2.45) is 0 Å². The van der Waals surface area contributed by atoms with Crippen molar-refractivity contribution in [2.45, 2.75) is 6.42 Å². The van der Waals surface area contributed by atoms with Gasteiger partial charge in [-0.25, -0.2) is 0 Å². The van der Waals surface area contributed by atoms with Crippen LogP contribution in [0.3, 0.4) is 0 Å². The summed E-state index contributed by atoms with van der Waals surface area (Å²) in [5, 5.41) is 0. The van der Waals surface area contributed by atoms with Crippen LogP contribution >= 0.6 is 0 Å². The van der Waals surface area contributed by atoms with E-state index in [0.717, 1.165) is 24.2 Å². The van der Waals surface area contributed by atoms with Gasteiger partial charge in [0.15, 0.2) is 11.5 Å². The van der Waals surface area contributed by atoms with E-state index >= 15 is 0 Å². The van der Waals surface area contributed by atoms with Gasteiger partial charge in [0, 0.05) is 12.6 Å². The van der Waals surface area contributed by atoms with Crippen molar-refractivity contribution in [1.82, 2.24) is 4.90 Å². The Morgan fingerprint density at radius 2 is 1.92 bits per heavy atom. The van der Waals surface area contributed by atoms with Gasteiger partial charge in [0.25, 0.3) is 5.91 Å². The molecule has 0 saturated heterocycles. The van der Waals surface area contributed by atoms with E-state index in [1.807, 2.05) is 62.6 Å². The molecule has 0 aliphatic carbocycles. The molecule has 136 valence electrons. The van der Waals surface area contributed by atoms with E-state index in [4.69, 9.17) is 9.47 Å². The van der Waals surface area contributed by atoms with Gasteiger partial charge in [-0.15, -0.1) is 0 Å². The summed E-state index contributed by atoms with van der Waals surface area (Å²) in [5.74, 6) is 1.57. The maximum atomic E-state index is 13.0. The molecule has 1 amide bonds. The molecule has 26 heavy (non-hydrogen) atoms. The van der Waals surface area contributed by atoms with Gasteiger partial charge in [-0.2, -0.15) is 0 Å². The normalized spacial score (nSPS) is 15.2. The average Bonchev–Trinajstić information content (AvgIpc) is 2.65. The van der Waals surface area contributed by atoms with Crippen LogP contribution in [0.25, 0.3) is 6.08 Å². The Morgan fingerprint density at radius 1 is 1.15 bits per heavy atom. The first-order valence-electron chi connectivity index (χ1n) is 8.67. The minimum atomic E-state index is -0.131. The van der Waals surface area contributed by atoms with Crippen molar-refractivity contribution in [2.75, 3.05) is 39.2 Å². The summed E-state index contributed by atoms with van der Waals surface area (Å²) in [5.41, 5.74) is 1.68. The van der Waals surface area contributed by atoms with Gasteiger partial charge >= 0.3 is 0 Å². The van der Waals surface area contributed by atoms with Crippen molar-refractivity contribution >= 4 is 17.7 Å². The van der Waals surface area contributed by atoms with Gasteiger partial charge < -0.3 is 19.3 Å². The molecule has 0 N–H and O–H groups in total. The second-order valence-corrected chi connectivity index (χ2v) is 6.47. The van der Waals surface area contributed by atoms with E-state index in [1.165, 1.54) is 0 Å². The molecule has 1 aliphatic rings. The first-order chi connectivity index (χ1) is 12.6. The quantitative estimate of drug-likeness (QED) is 0.747. The number of hydrogen-bond acceptors (Lipinski definition) is 4. The number of anilines is 1. The largest absolute Gasteiger partial charge is 0.497 e. The minimum absolute atomic E-state index is 0.131. The smallest absolute Gasteiger partial charge is 0.294 e. The number of hydrogen-bond donors (Lipinski definition) is 0. The van der Waals surface area contributed by atoms with Gasteiger partial charge in [-0.3, -0.25) is 4.79 Å². The molecule has 0 spiro atoms. The number of amides is 1. The summed E-state index contributed by atoms with van der Waals surface area (Å²) in [6, 6.07) is 15.3. The van der Waals surface area contributed by atoms with Crippen molar-refractivity contribution < 1.29 is 14.3 Å². The van der Waals surface area contributed by atoms with Crippen molar-refractivity contribution in [3.8, 4) is 11.5 Å². The zero-order chi connectivity index (χ0) is 18.5. The second kappa shape index (κ2) is 8.06. The third-order valence-corrected chi connectivity index (χ3v) is 4.22. The van der Waals surface area contributed by atoms with Gasteiger partial charge in [0.2, 0.25) is 0 Å². The van der Waals surface area contributed by atoms with E-state index in [0.29, 0.717) is 23.8 Å². The fourth-order valence-corrected chi connectivity index (χ4v) is 2.88. The monoisotopic (exact) mass is 352 g/mol. The molecule has 0 bridgehead atoms. The standard InChI is InChI=1S/C21H24N2O3/c1-22(2)12-7-13-23-18-15-17(25-3)10-11-19(18)26-20(21(23)24)14-16-8-5-4-6-9-16/h4-6,8-11,14-15H,7,12-13H2,1-3H3/b20-14-. The van der Waals surface area contributed by atoms with Crippen LogP contribution in [0.2, 0.25) is 0 Å². The Hall–Kier alpha value is -2.79. The molecule has 0 saturated carbocycles. The van der Waals surface area contributed by atoms with E-state index in [1.54, 1.807) is 18.1 Å². The predicted octanol–water partition coefficient (Wildman–Crippen LogP) is 3.41. The maximum Gasteiger partial charge on any atom is 0.294 e. The second-order valence-electron chi connectivity index (χ2n) is 6.47. The van der Waals surface area contributed by atoms with Crippen LogP contribution in [0.1, 0.15) is 12.0 Å². The Balaban J connectivity index is 1.94. The summed E-state index contributed by atoms with van der Waals surface area (Å²) in [6.07, 6.45) is 2.66. The van der Waals surface area contributed by atoms with Crippen LogP contribution < -0.4 is 14.4 Å². The molecular formula is C21H24N2O3. The lowest BCUT2D eigenvalue weighted by Gasteiger charge is -2.31. The van der Waals surface area contributed by atoms with Crippen LogP contribution in [0.15, 0.2) is 54.3 Å². The molecule has 0 unspecified atom stereocenters. The molecule has 0 atom stereocenters. The molecule has 5 heteroatoms. The number of ether oxygens (including phenoxy) is 2. The number of nitrogens with zero attached hydrogens (tertiary/aromatic N) is 2. The summed E-state index contributed by atoms with van der Waals surface area (Å²) < 4.78 is 11.2. The zero-order valence-corrected chi connectivity index (χ0v) is 15.4. The topological polar surface area (TPSA) is 42.0 Å². The highest BCUT2D eigenvalue weighted by molar-refractivity contribution is 6.10. The molecule has 2 aromatic carbocycles. The Bertz CT molecular complexity index is 800. The number of fused-ring (bicyclic) bond motifs is 1. The summed E-state index contributed by atoms with van der Waals surface area (Å²) >= 11 is 0. The Kier molecular flexibility index (Phi) is 5.58. The highest BCUT2D eigenvalue weighted by atomic mass is 16.5. The SMILES string of the molecule is COc1ccc2c(c1)N(CCCN(C)C)C(=O)/C(=C/c1ccccc1)O2. The number of rotatable bonds is 6. The van der Waals surface area contributed by atoms with Gasteiger partial charge in [-0.05, 0) is 50.8 Å². The molecule has 0 radical (unpaired) electrons. The Labute approximate surface area is 154 Å². The molecular weight excluding hydrogens is 328 g/mol. The van der Waals surface area contributed by atoms with Gasteiger partial charge in [0.1, 0.15) is 5.75 Å². The summed E-state index contributed by atoms with van der Waals surface area (Å²) in [7, 11) is 5.67. The number of benzene rings is 2. The van der Waals surface area contributed by atoms with Gasteiger partial charge in [0.05, 0.1) is 12.8 Å². The number of carbonyl (C=O) groups excluding carboxylic acids is 1. The van der Waals surface area contributed by atoms with Gasteiger partial charge in [-0.1, -0.05) is 30.3 Å². The van der Waals surface area contributed by atoms with E-state index in [2.05, 4.69) is 4.90 Å². The van der Waals surface area contributed by atoms with Crippen LogP contribution in [-0.4, -0.2) is 45.1 Å². The lowest BCUT2D eigenvalue weighted by Crippen LogP contribution is -2.38. The molecule has 3 rings (SSSR count). The van der Waals surface area contributed by atoms with Crippen LogP contribution in [0.4, 0.5) is 5.69 Å². The highest BCUT2D eigenvalue weighted by Crippen LogP contribution is 2.38. The lowest BCUT2D eigenvalue weighted by atomic mass is 10.1. The van der Waals surface area contributed by atoms with Crippen LogP contribution in [0, 0.1) is 0 Å². The average molecular weight is 352 g/mol. The first-order valence-corrected chi connectivity index (χ1v) is 8.67. The minimum Gasteiger partial charge on any atom is -0.497 e. The highest BCUT2D eigenvalue weighted by Gasteiger charge is 2.30. The molecule has 0 aromatic heterocycles. The van der Waals surface area contributed by atoms with Crippen molar-refractivity contribution in [3.05, 3.63) is 59.9 Å². The van der Waals surface area contributed by atoms with E-state index < -0.39 is 0 Å². The maximum absolute atomic E-state index is 13.0. The van der Waals surface area contributed by atoms with Crippen LogP contribution in [0.5, 0.6) is 11.5 Å². The third kappa shape index (κ3) is 4.06. The van der Waals surface area contributed by atoms with Crippen molar-refractivity contribution in [3.63, 3.8) is 0 Å². The molecule has 0 fully saturated rings. The molecule has 2 aromatic rings. The van der Waals surface area contributed by atoms with Crippen LogP contribution in [-0.2, 0) is 4.79 Å². The fourth-order valence-electron chi connectivity index (χ4n) is 2.88. The first kappa shape index (κ1) is 18.0. The lowest BCUT2D eigenvalue weighted by molar-refractivity contribution is -0.117. The predicted molar refractivity (Wildman–Crippen MR) is 104 cm³/mol. The van der Waals surface area contributed by atoms with E-state index in [9.17, 15) is 4.79 Å².